The van der Waals surface area contributed by atoms with Crippen molar-refractivity contribution in [3.05, 3.63) is 69.4 Å². The van der Waals surface area contributed by atoms with Gasteiger partial charge in [0.05, 0.1) is 11.2 Å². The largest absolute Gasteiger partial charge is 0.364 e. The zero-order valence-corrected chi connectivity index (χ0v) is 20.8. The van der Waals surface area contributed by atoms with Gasteiger partial charge in [-0.2, -0.15) is 5.26 Å². The normalized spacial score (nSPS) is 21.8. The number of piperazine rings is 1. The first-order valence-corrected chi connectivity index (χ1v) is 12.5. The van der Waals surface area contributed by atoms with Gasteiger partial charge in [0.25, 0.3) is 5.56 Å². The number of fused-ring (bicyclic) bond motifs is 1. The maximum atomic E-state index is 15.2. The van der Waals surface area contributed by atoms with Crippen molar-refractivity contribution in [2.75, 3.05) is 18.0 Å². The summed E-state index contributed by atoms with van der Waals surface area (Å²) in [4.78, 5) is 21.9. The number of aryl methyl sites for hydroxylation is 1. The average molecular weight is 474 g/mol. The quantitative estimate of drug-likeness (QED) is 0.529. The van der Waals surface area contributed by atoms with Crippen LogP contribution < -0.4 is 10.5 Å². The van der Waals surface area contributed by atoms with Gasteiger partial charge in [-0.15, -0.1) is 0 Å². The van der Waals surface area contributed by atoms with Gasteiger partial charge in [-0.05, 0) is 62.8 Å². The van der Waals surface area contributed by atoms with Crippen LogP contribution in [0.25, 0.3) is 11.0 Å². The standard InChI is InChI=1S/C28H32FN5O/c1-5-24(22-10-8-20(12-23(22)29)19-6-7-19)33-15-18(3)34(16-17(33)2)26-13-27(35)32(4)25-11-9-21(14-30)31-28(25)26/h8-13,17-19,24H,5-7,15-16H2,1-4H3/t17?,18-,24?/m0/s1. The molecule has 0 N–H and O–H groups in total. The highest BCUT2D eigenvalue weighted by Crippen LogP contribution is 2.41. The molecule has 35 heavy (non-hydrogen) atoms. The number of nitriles is 1. The van der Waals surface area contributed by atoms with E-state index >= 15 is 4.39 Å². The second kappa shape index (κ2) is 9.09. The Morgan fingerprint density at radius 1 is 1.14 bits per heavy atom. The van der Waals surface area contributed by atoms with Gasteiger partial charge in [0.2, 0.25) is 0 Å². The minimum absolute atomic E-state index is 0.00782. The highest BCUT2D eigenvalue weighted by molar-refractivity contribution is 5.89. The first kappa shape index (κ1) is 23.5. The third-order valence-electron chi connectivity index (χ3n) is 7.75. The van der Waals surface area contributed by atoms with Crippen molar-refractivity contribution in [2.24, 2.45) is 7.05 Å². The number of halogens is 1. The zero-order valence-electron chi connectivity index (χ0n) is 20.8. The summed E-state index contributed by atoms with van der Waals surface area (Å²) < 4.78 is 16.8. The first-order chi connectivity index (χ1) is 16.8. The van der Waals surface area contributed by atoms with Crippen LogP contribution in [0.15, 0.2) is 41.2 Å². The minimum atomic E-state index is -0.106. The number of rotatable bonds is 5. The molecular weight excluding hydrogens is 441 g/mol. The van der Waals surface area contributed by atoms with Crippen LogP contribution in [0.5, 0.6) is 0 Å². The van der Waals surface area contributed by atoms with E-state index in [-0.39, 0.29) is 29.5 Å². The average Bonchev–Trinajstić information content (AvgIpc) is 3.70. The fourth-order valence-corrected chi connectivity index (χ4v) is 5.63. The van der Waals surface area contributed by atoms with Crippen molar-refractivity contribution in [1.82, 2.24) is 14.5 Å². The van der Waals surface area contributed by atoms with Crippen LogP contribution in [0, 0.1) is 17.1 Å². The van der Waals surface area contributed by atoms with Gasteiger partial charge in [0.15, 0.2) is 0 Å². The Morgan fingerprint density at radius 3 is 2.57 bits per heavy atom. The molecule has 0 spiro atoms. The molecule has 3 aromatic rings. The highest BCUT2D eigenvalue weighted by Gasteiger charge is 2.36. The van der Waals surface area contributed by atoms with E-state index in [2.05, 4.69) is 47.7 Å². The van der Waals surface area contributed by atoms with E-state index in [0.717, 1.165) is 42.6 Å². The van der Waals surface area contributed by atoms with Crippen LogP contribution in [0.3, 0.4) is 0 Å². The van der Waals surface area contributed by atoms with Gasteiger partial charge in [-0.1, -0.05) is 19.1 Å². The van der Waals surface area contributed by atoms with E-state index in [0.29, 0.717) is 29.2 Å². The van der Waals surface area contributed by atoms with Gasteiger partial charge in [-0.25, -0.2) is 9.37 Å². The summed E-state index contributed by atoms with van der Waals surface area (Å²) in [7, 11) is 1.72. The Hall–Kier alpha value is -3.24. The lowest BCUT2D eigenvalue weighted by Crippen LogP contribution is -2.57. The molecule has 1 aromatic carbocycles. The Bertz CT molecular complexity index is 1370. The molecule has 1 saturated carbocycles. The zero-order chi connectivity index (χ0) is 24.9. The van der Waals surface area contributed by atoms with Crippen molar-refractivity contribution in [1.29, 1.82) is 5.26 Å². The molecule has 1 saturated heterocycles. The SMILES string of the molecule is CCC(c1ccc(C2CC2)cc1F)N1C[C@H](C)N(c2cc(=O)n(C)c3ccc(C#N)nc23)CC1C. The summed E-state index contributed by atoms with van der Waals surface area (Å²) in [5.41, 5.74) is 4.23. The highest BCUT2D eigenvalue weighted by atomic mass is 19.1. The number of benzene rings is 1. The molecule has 5 rings (SSSR count). The molecule has 182 valence electrons. The Labute approximate surface area is 205 Å². The number of aromatic nitrogens is 2. The molecule has 0 radical (unpaired) electrons. The molecule has 2 unspecified atom stereocenters. The summed E-state index contributed by atoms with van der Waals surface area (Å²) in [6, 6.07) is 13.2. The number of anilines is 1. The Balaban J connectivity index is 1.47. The van der Waals surface area contributed by atoms with Gasteiger partial charge in [-0.3, -0.25) is 9.69 Å². The van der Waals surface area contributed by atoms with Gasteiger partial charge in [0.1, 0.15) is 23.1 Å². The summed E-state index contributed by atoms with van der Waals surface area (Å²) in [5.74, 6) is 0.430. The fourth-order valence-electron chi connectivity index (χ4n) is 5.63. The first-order valence-electron chi connectivity index (χ1n) is 12.5. The lowest BCUT2D eigenvalue weighted by atomic mass is 9.95. The van der Waals surface area contributed by atoms with Gasteiger partial charge >= 0.3 is 0 Å². The van der Waals surface area contributed by atoms with Crippen LogP contribution in [0.4, 0.5) is 10.1 Å². The summed E-state index contributed by atoms with van der Waals surface area (Å²) in [6.45, 7) is 7.83. The predicted octanol–water partition coefficient (Wildman–Crippen LogP) is 4.87. The molecule has 2 fully saturated rings. The molecule has 1 aliphatic carbocycles. The molecule has 7 heteroatoms. The lowest BCUT2D eigenvalue weighted by Gasteiger charge is -2.48. The van der Waals surface area contributed by atoms with E-state index in [1.54, 1.807) is 35.9 Å². The van der Waals surface area contributed by atoms with E-state index in [1.165, 1.54) is 0 Å². The third kappa shape index (κ3) is 4.21. The van der Waals surface area contributed by atoms with Crippen LogP contribution >= 0.6 is 0 Å². The molecule has 1 aliphatic heterocycles. The number of hydrogen-bond acceptors (Lipinski definition) is 5. The van der Waals surface area contributed by atoms with Gasteiger partial charge < -0.3 is 9.47 Å². The summed E-state index contributed by atoms with van der Waals surface area (Å²) >= 11 is 0. The molecule has 6 nitrogen and oxygen atoms in total. The second-order valence-corrected chi connectivity index (χ2v) is 10.1. The fraction of sp³-hybridized carbons (Fsp3) is 0.464. The maximum absolute atomic E-state index is 15.2. The van der Waals surface area contributed by atoms with E-state index in [1.807, 2.05) is 6.07 Å². The predicted molar refractivity (Wildman–Crippen MR) is 136 cm³/mol. The summed E-state index contributed by atoms with van der Waals surface area (Å²) in [5, 5.41) is 9.39. The van der Waals surface area contributed by atoms with Crippen molar-refractivity contribution < 1.29 is 4.39 Å². The van der Waals surface area contributed by atoms with E-state index in [4.69, 9.17) is 0 Å². The molecule has 2 aliphatic rings. The lowest BCUT2D eigenvalue weighted by molar-refractivity contribution is 0.105. The van der Waals surface area contributed by atoms with E-state index in [9.17, 15) is 10.1 Å². The van der Waals surface area contributed by atoms with E-state index < -0.39 is 0 Å². The number of hydrogen-bond donors (Lipinski definition) is 0. The monoisotopic (exact) mass is 473 g/mol. The van der Waals surface area contributed by atoms with Crippen molar-refractivity contribution >= 4 is 16.7 Å². The van der Waals surface area contributed by atoms with Crippen molar-refractivity contribution in [3.8, 4) is 6.07 Å². The third-order valence-corrected chi connectivity index (χ3v) is 7.75. The van der Waals surface area contributed by atoms with Crippen molar-refractivity contribution in [3.63, 3.8) is 0 Å². The number of nitrogens with zero attached hydrogens (tertiary/aromatic N) is 5. The molecular formula is C28H32FN5O. The topological polar surface area (TPSA) is 65.2 Å². The van der Waals surface area contributed by atoms with Crippen LogP contribution in [-0.4, -0.2) is 39.6 Å². The van der Waals surface area contributed by atoms with Crippen LogP contribution in [0.2, 0.25) is 0 Å². The molecule has 2 aromatic heterocycles. The minimum Gasteiger partial charge on any atom is -0.364 e. The molecule has 0 amide bonds. The van der Waals surface area contributed by atoms with Gasteiger partial charge in [0, 0.05) is 49.9 Å². The Morgan fingerprint density at radius 2 is 1.91 bits per heavy atom. The number of pyridine rings is 2. The molecule has 3 atom stereocenters. The summed E-state index contributed by atoms with van der Waals surface area (Å²) in [6.07, 6.45) is 3.14. The maximum Gasteiger partial charge on any atom is 0.252 e. The van der Waals surface area contributed by atoms with Crippen LogP contribution in [0.1, 0.15) is 68.8 Å². The second-order valence-electron chi connectivity index (χ2n) is 10.1. The van der Waals surface area contributed by atoms with Crippen LogP contribution in [-0.2, 0) is 7.05 Å². The molecule has 3 heterocycles. The molecule has 0 bridgehead atoms. The Kier molecular flexibility index (Phi) is 6.10. The van der Waals surface area contributed by atoms with Crippen molar-refractivity contribution in [2.45, 2.75) is 64.1 Å². The smallest absolute Gasteiger partial charge is 0.252 e.